The fourth-order valence-electron chi connectivity index (χ4n) is 2.02. The molecule has 0 fully saturated rings. The number of amides is 1. The standard InChI is InChI=1S/C19H23N3O2/c1-22(2)12-13-24-18-10-8-15(14-17(18)20)9-11-19(23)21-16-6-4-3-5-7-16/h3-11,14H,12-13,20H2,1-2H3,(H,21,23)/b11-9-. The topological polar surface area (TPSA) is 67.6 Å². The molecular weight excluding hydrogens is 302 g/mol. The number of likely N-dealkylation sites (N-methyl/N-ethyl adjacent to an activating group) is 1. The SMILES string of the molecule is CN(C)CCOc1ccc(/C=C\C(=O)Nc2ccccc2)cc1N. The zero-order valence-corrected chi connectivity index (χ0v) is 14.0. The van der Waals surface area contributed by atoms with Crippen molar-refractivity contribution in [3.05, 3.63) is 60.2 Å². The van der Waals surface area contributed by atoms with Crippen LogP contribution in [0, 0.1) is 0 Å². The maximum atomic E-state index is 11.9. The first-order valence-electron chi connectivity index (χ1n) is 7.76. The lowest BCUT2D eigenvalue weighted by atomic mass is 10.1. The van der Waals surface area contributed by atoms with E-state index in [1.807, 2.05) is 61.5 Å². The minimum absolute atomic E-state index is 0.189. The minimum Gasteiger partial charge on any atom is -0.490 e. The van der Waals surface area contributed by atoms with E-state index in [1.54, 1.807) is 12.1 Å². The molecule has 0 aromatic heterocycles. The van der Waals surface area contributed by atoms with Gasteiger partial charge in [-0.15, -0.1) is 0 Å². The predicted molar refractivity (Wildman–Crippen MR) is 99.0 cm³/mol. The monoisotopic (exact) mass is 325 g/mol. The molecule has 2 rings (SSSR count). The van der Waals surface area contributed by atoms with Crippen LogP contribution in [0.5, 0.6) is 5.75 Å². The highest BCUT2D eigenvalue weighted by atomic mass is 16.5. The molecular formula is C19H23N3O2. The lowest BCUT2D eigenvalue weighted by molar-refractivity contribution is -0.111. The second kappa shape index (κ2) is 8.74. The molecule has 2 aromatic carbocycles. The van der Waals surface area contributed by atoms with Gasteiger partial charge in [0.25, 0.3) is 0 Å². The number of nitrogens with two attached hydrogens (primary N) is 1. The summed E-state index contributed by atoms with van der Waals surface area (Å²) in [7, 11) is 3.97. The second-order valence-electron chi connectivity index (χ2n) is 5.64. The van der Waals surface area contributed by atoms with E-state index in [9.17, 15) is 4.79 Å². The number of hydrogen-bond donors (Lipinski definition) is 2. The summed E-state index contributed by atoms with van der Waals surface area (Å²) >= 11 is 0. The maximum Gasteiger partial charge on any atom is 0.248 e. The Kier molecular flexibility index (Phi) is 6.40. The average molecular weight is 325 g/mol. The van der Waals surface area contributed by atoms with Gasteiger partial charge in [-0.25, -0.2) is 0 Å². The van der Waals surface area contributed by atoms with Gasteiger partial charge in [0, 0.05) is 18.3 Å². The van der Waals surface area contributed by atoms with Gasteiger partial charge in [0.15, 0.2) is 0 Å². The summed E-state index contributed by atoms with van der Waals surface area (Å²) < 4.78 is 5.64. The number of nitrogens with one attached hydrogen (secondary N) is 1. The van der Waals surface area contributed by atoms with Crippen LogP contribution >= 0.6 is 0 Å². The second-order valence-corrected chi connectivity index (χ2v) is 5.64. The van der Waals surface area contributed by atoms with Crippen molar-refractivity contribution in [2.24, 2.45) is 0 Å². The van der Waals surface area contributed by atoms with E-state index in [2.05, 4.69) is 5.32 Å². The Balaban J connectivity index is 1.92. The van der Waals surface area contributed by atoms with Crippen molar-refractivity contribution in [2.45, 2.75) is 0 Å². The number of hydrogen-bond acceptors (Lipinski definition) is 4. The molecule has 0 unspecified atom stereocenters. The van der Waals surface area contributed by atoms with Crippen LogP contribution in [0.3, 0.4) is 0 Å². The summed E-state index contributed by atoms with van der Waals surface area (Å²) in [5.41, 5.74) is 8.15. The molecule has 24 heavy (non-hydrogen) atoms. The summed E-state index contributed by atoms with van der Waals surface area (Å²) in [6.45, 7) is 1.40. The molecule has 5 heteroatoms. The van der Waals surface area contributed by atoms with E-state index in [1.165, 1.54) is 6.08 Å². The number of ether oxygens (including phenoxy) is 1. The fraction of sp³-hybridized carbons (Fsp3) is 0.211. The normalized spacial score (nSPS) is 11.0. The third-order valence-electron chi connectivity index (χ3n) is 3.30. The summed E-state index contributed by atoms with van der Waals surface area (Å²) in [5.74, 6) is 0.466. The zero-order valence-electron chi connectivity index (χ0n) is 14.0. The van der Waals surface area contributed by atoms with Gasteiger partial charge < -0.3 is 20.7 Å². The number of rotatable bonds is 7. The number of anilines is 2. The molecule has 2 aromatic rings. The number of nitrogens with zero attached hydrogens (tertiary/aromatic N) is 1. The molecule has 0 aliphatic carbocycles. The summed E-state index contributed by atoms with van der Waals surface area (Å²) in [4.78, 5) is 13.9. The first kappa shape index (κ1) is 17.6. The molecule has 3 N–H and O–H groups in total. The van der Waals surface area contributed by atoms with Gasteiger partial charge in [0.05, 0.1) is 5.69 Å². The van der Waals surface area contributed by atoms with E-state index in [0.717, 1.165) is 17.8 Å². The Morgan fingerprint density at radius 3 is 2.62 bits per heavy atom. The number of nitrogen functional groups attached to an aromatic ring is 1. The van der Waals surface area contributed by atoms with Crippen LogP contribution < -0.4 is 15.8 Å². The van der Waals surface area contributed by atoms with Gasteiger partial charge in [-0.2, -0.15) is 0 Å². The molecule has 0 aliphatic heterocycles. The third-order valence-corrected chi connectivity index (χ3v) is 3.30. The number of para-hydroxylation sites is 1. The highest BCUT2D eigenvalue weighted by Gasteiger charge is 2.02. The van der Waals surface area contributed by atoms with E-state index in [4.69, 9.17) is 10.5 Å². The largest absolute Gasteiger partial charge is 0.490 e. The van der Waals surface area contributed by atoms with Crippen LogP contribution in [0.1, 0.15) is 5.56 Å². The van der Waals surface area contributed by atoms with E-state index >= 15 is 0 Å². The number of benzene rings is 2. The number of carbonyl (C=O) groups excluding carboxylic acids is 1. The maximum absolute atomic E-state index is 11.9. The quantitative estimate of drug-likeness (QED) is 0.607. The van der Waals surface area contributed by atoms with Gasteiger partial charge in [0.2, 0.25) is 5.91 Å². The van der Waals surface area contributed by atoms with Gasteiger partial charge in [0.1, 0.15) is 12.4 Å². The van der Waals surface area contributed by atoms with Crippen molar-refractivity contribution in [3.8, 4) is 5.75 Å². The highest BCUT2D eigenvalue weighted by Crippen LogP contribution is 2.23. The average Bonchev–Trinajstić information content (AvgIpc) is 2.55. The highest BCUT2D eigenvalue weighted by molar-refractivity contribution is 6.01. The van der Waals surface area contributed by atoms with Gasteiger partial charge >= 0.3 is 0 Å². The Labute approximate surface area is 142 Å². The Morgan fingerprint density at radius 2 is 1.96 bits per heavy atom. The Hall–Kier alpha value is -2.79. The van der Waals surface area contributed by atoms with Crippen LogP contribution in [-0.4, -0.2) is 38.1 Å². The van der Waals surface area contributed by atoms with Crippen molar-refractivity contribution < 1.29 is 9.53 Å². The van der Waals surface area contributed by atoms with Gasteiger partial charge in [-0.3, -0.25) is 4.79 Å². The smallest absolute Gasteiger partial charge is 0.248 e. The minimum atomic E-state index is -0.189. The molecule has 0 atom stereocenters. The molecule has 0 radical (unpaired) electrons. The zero-order chi connectivity index (χ0) is 17.4. The predicted octanol–water partition coefficient (Wildman–Crippen LogP) is 2.86. The fourth-order valence-corrected chi connectivity index (χ4v) is 2.02. The van der Waals surface area contributed by atoms with E-state index in [-0.39, 0.29) is 5.91 Å². The molecule has 5 nitrogen and oxygen atoms in total. The molecule has 0 spiro atoms. The first-order valence-corrected chi connectivity index (χ1v) is 7.76. The molecule has 0 heterocycles. The molecule has 0 saturated heterocycles. The third kappa shape index (κ3) is 5.78. The van der Waals surface area contributed by atoms with Crippen molar-refractivity contribution in [3.63, 3.8) is 0 Å². The lowest BCUT2D eigenvalue weighted by Crippen LogP contribution is -2.19. The lowest BCUT2D eigenvalue weighted by Gasteiger charge is -2.12. The van der Waals surface area contributed by atoms with E-state index in [0.29, 0.717) is 18.0 Å². The van der Waals surface area contributed by atoms with Crippen molar-refractivity contribution in [1.82, 2.24) is 4.90 Å². The van der Waals surface area contributed by atoms with Crippen LogP contribution in [0.25, 0.3) is 6.08 Å². The van der Waals surface area contributed by atoms with Crippen LogP contribution in [-0.2, 0) is 4.79 Å². The molecule has 0 saturated carbocycles. The Morgan fingerprint density at radius 1 is 1.21 bits per heavy atom. The summed E-state index contributed by atoms with van der Waals surface area (Å²) in [6, 6.07) is 14.8. The summed E-state index contributed by atoms with van der Waals surface area (Å²) in [6.07, 6.45) is 3.20. The van der Waals surface area contributed by atoms with Gasteiger partial charge in [-0.05, 0) is 50.0 Å². The van der Waals surface area contributed by atoms with E-state index < -0.39 is 0 Å². The van der Waals surface area contributed by atoms with Crippen LogP contribution in [0.15, 0.2) is 54.6 Å². The van der Waals surface area contributed by atoms with Crippen LogP contribution in [0.2, 0.25) is 0 Å². The van der Waals surface area contributed by atoms with Gasteiger partial charge in [-0.1, -0.05) is 24.3 Å². The molecule has 126 valence electrons. The van der Waals surface area contributed by atoms with Crippen molar-refractivity contribution in [2.75, 3.05) is 38.3 Å². The van der Waals surface area contributed by atoms with Crippen molar-refractivity contribution in [1.29, 1.82) is 0 Å². The van der Waals surface area contributed by atoms with Crippen molar-refractivity contribution >= 4 is 23.4 Å². The van der Waals surface area contributed by atoms with Crippen LogP contribution in [0.4, 0.5) is 11.4 Å². The summed E-state index contributed by atoms with van der Waals surface area (Å²) in [5, 5.41) is 2.79. The first-order chi connectivity index (χ1) is 11.5. The molecule has 1 amide bonds. The Bertz CT molecular complexity index is 697. The molecule has 0 aliphatic rings. The molecule has 0 bridgehead atoms. The number of carbonyl (C=O) groups is 1.